The molecule has 0 radical (unpaired) electrons. The lowest BCUT2D eigenvalue weighted by molar-refractivity contribution is -0.0337. The summed E-state index contributed by atoms with van der Waals surface area (Å²) in [7, 11) is 0. The van der Waals surface area contributed by atoms with Gasteiger partial charge in [0.05, 0.1) is 0 Å². The minimum absolute atomic E-state index is 0.262. The van der Waals surface area contributed by atoms with Gasteiger partial charge in [-0.2, -0.15) is 26.3 Å². The molecule has 5 rings (SSSR count). The van der Waals surface area contributed by atoms with Crippen molar-refractivity contribution in [3.63, 3.8) is 0 Å². The molecule has 3 aliphatic carbocycles. The average molecular weight is 404 g/mol. The van der Waals surface area contributed by atoms with Crippen LogP contribution in [0.15, 0.2) is 58.3 Å². The van der Waals surface area contributed by atoms with Gasteiger partial charge in [-0.05, 0) is 45.8 Å². The number of rotatable bonds is 2. The Morgan fingerprint density at radius 1 is 0.538 bits per heavy atom. The number of thioether (sulfide) groups is 2. The molecular weight excluding hydrogens is 394 g/mol. The van der Waals surface area contributed by atoms with Crippen LogP contribution in [0.5, 0.6) is 0 Å². The maximum atomic E-state index is 13.2. The first-order chi connectivity index (χ1) is 12.2. The number of alkyl halides is 6. The van der Waals surface area contributed by atoms with Crippen molar-refractivity contribution in [3.8, 4) is 0 Å². The molecule has 0 spiro atoms. The second-order valence-corrected chi connectivity index (χ2v) is 8.16. The van der Waals surface area contributed by atoms with Gasteiger partial charge in [-0.1, -0.05) is 48.5 Å². The van der Waals surface area contributed by atoms with E-state index in [9.17, 15) is 26.3 Å². The summed E-state index contributed by atoms with van der Waals surface area (Å²) in [4.78, 5) is -0.524. The van der Waals surface area contributed by atoms with Crippen LogP contribution in [0, 0.1) is 0 Å². The molecule has 2 bridgehead atoms. The zero-order valence-electron chi connectivity index (χ0n) is 12.9. The molecule has 0 aliphatic heterocycles. The zero-order chi connectivity index (χ0) is 18.7. The highest BCUT2D eigenvalue weighted by molar-refractivity contribution is 8.07. The van der Waals surface area contributed by atoms with Crippen LogP contribution >= 0.6 is 23.5 Å². The van der Waals surface area contributed by atoms with Crippen LogP contribution in [0.1, 0.15) is 34.1 Å². The van der Waals surface area contributed by atoms with E-state index in [1.165, 1.54) is 0 Å². The summed E-state index contributed by atoms with van der Waals surface area (Å²) in [6, 6.07) is 13.6. The molecule has 136 valence electrons. The molecule has 0 unspecified atom stereocenters. The van der Waals surface area contributed by atoms with E-state index in [1.807, 2.05) is 0 Å². The van der Waals surface area contributed by atoms with Gasteiger partial charge >= 0.3 is 11.0 Å². The molecule has 8 heteroatoms. The van der Waals surface area contributed by atoms with Gasteiger partial charge < -0.3 is 0 Å². The fourth-order valence-electron chi connectivity index (χ4n) is 3.73. The van der Waals surface area contributed by atoms with E-state index in [0.29, 0.717) is 22.3 Å². The van der Waals surface area contributed by atoms with Crippen LogP contribution in [0.3, 0.4) is 0 Å². The minimum Gasteiger partial charge on any atom is -0.160 e. The largest absolute Gasteiger partial charge is 0.446 e. The Balaban J connectivity index is 1.98. The standard InChI is InChI=1S/C18H10F6S2/c19-17(20,21)25-15-13-9-5-1-2-6-10(9)14(16(15)26-18(22,23)24)12-8-4-3-7-11(12)13/h1-8,13-14H. The lowest BCUT2D eigenvalue weighted by atomic mass is 9.67. The Bertz CT molecular complexity index is 778. The monoisotopic (exact) mass is 404 g/mol. The third-order valence-electron chi connectivity index (χ3n) is 4.45. The lowest BCUT2D eigenvalue weighted by Gasteiger charge is -2.43. The number of allylic oxidation sites excluding steroid dienone is 2. The highest BCUT2D eigenvalue weighted by Crippen LogP contribution is 2.64. The fraction of sp³-hybridized carbons (Fsp3) is 0.222. The molecule has 2 aromatic carbocycles. The van der Waals surface area contributed by atoms with E-state index in [1.54, 1.807) is 48.5 Å². The Morgan fingerprint density at radius 3 is 1.04 bits per heavy atom. The van der Waals surface area contributed by atoms with Gasteiger partial charge in [0.1, 0.15) is 0 Å². The molecule has 0 saturated heterocycles. The van der Waals surface area contributed by atoms with Crippen molar-refractivity contribution >= 4 is 23.5 Å². The zero-order valence-corrected chi connectivity index (χ0v) is 14.5. The second kappa shape index (κ2) is 5.99. The summed E-state index contributed by atoms with van der Waals surface area (Å²) in [6.07, 6.45) is 0. The summed E-state index contributed by atoms with van der Waals surface area (Å²) < 4.78 is 79.0. The SMILES string of the molecule is FC(F)(F)SC1=C(SC(F)(F)F)C2c3ccccc3C1c1ccccc12. The smallest absolute Gasteiger partial charge is 0.160 e. The molecule has 0 amide bonds. The van der Waals surface area contributed by atoms with E-state index in [4.69, 9.17) is 0 Å². The molecule has 2 aromatic rings. The van der Waals surface area contributed by atoms with Crippen molar-refractivity contribution in [2.45, 2.75) is 22.9 Å². The Hall–Kier alpha value is -1.54. The van der Waals surface area contributed by atoms with Gasteiger partial charge in [-0.25, -0.2) is 0 Å². The summed E-state index contributed by atoms with van der Waals surface area (Å²) in [5.74, 6) is -1.66. The third kappa shape index (κ3) is 3.03. The van der Waals surface area contributed by atoms with Crippen molar-refractivity contribution in [2.24, 2.45) is 0 Å². The average Bonchev–Trinajstić information content (AvgIpc) is 2.54. The van der Waals surface area contributed by atoms with E-state index in [0.717, 1.165) is 0 Å². The minimum atomic E-state index is -4.66. The molecule has 0 N–H and O–H groups in total. The summed E-state index contributed by atoms with van der Waals surface area (Å²) >= 11 is -0.849. The molecule has 0 saturated carbocycles. The van der Waals surface area contributed by atoms with Crippen LogP contribution in [-0.2, 0) is 0 Å². The molecular formula is C18H10F6S2. The number of hydrogen-bond donors (Lipinski definition) is 0. The molecule has 3 aliphatic rings. The van der Waals surface area contributed by atoms with Gasteiger partial charge in [0.2, 0.25) is 0 Å². The van der Waals surface area contributed by atoms with Crippen LogP contribution in [-0.4, -0.2) is 11.0 Å². The van der Waals surface area contributed by atoms with Crippen molar-refractivity contribution in [1.82, 2.24) is 0 Å². The normalized spacial score (nSPS) is 21.6. The molecule has 0 nitrogen and oxygen atoms in total. The highest BCUT2D eigenvalue weighted by Gasteiger charge is 2.49. The lowest BCUT2D eigenvalue weighted by Crippen LogP contribution is -2.28. The molecule has 0 fully saturated rings. The van der Waals surface area contributed by atoms with Gasteiger partial charge in [-0.3, -0.25) is 0 Å². The van der Waals surface area contributed by atoms with E-state index in [2.05, 4.69) is 0 Å². The first-order valence-electron chi connectivity index (χ1n) is 7.59. The van der Waals surface area contributed by atoms with Crippen LogP contribution < -0.4 is 0 Å². The molecule has 0 aromatic heterocycles. The molecule has 0 atom stereocenters. The number of hydrogen-bond acceptors (Lipinski definition) is 2. The van der Waals surface area contributed by atoms with E-state index in [-0.39, 0.29) is 9.81 Å². The van der Waals surface area contributed by atoms with Gasteiger partial charge in [-0.15, -0.1) is 0 Å². The van der Waals surface area contributed by atoms with Gasteiger partial charge in [0.15, 0.2) is 0 Å². The summed E-state index contributed by atoms with van der Waals surface area (Å²) in [6.45, 7) is 0. The quantitative estimate of drug-likeness (QED) is 0.495. The van der Waals surface area contributed by atoms with Crippen molar-refractivity contribution in [1.29, 1.82) is 0 Å². The van der Waals surface area contributed by atoms with Crippen LogP contribution in [0.4, 0.5) is 26.3 Å². The topological polar surface area (TPSA) is 0 Å². The first kappa shape index (κ1) is 17.9. The number of benzene rings is 2. The Labute approximate surface area is 153 Å². The molecule has 26 heavy (non-hydrogen) atoms. The van der Waals surface area contributed by atoms with E-state index < -0.39 is 46.4 Å². The third-order valence-corrected chi connectivity index (χ3v) is 6.40. The van der Waals surface area contributed by atoms with Crippen LogP contribution in [0.2, 0.25) is 0 Å². The predicted octanol–water partition coefficient (Wildman–Crippen LogP) is 7.00. The highest BCUT2D eigenvalue weighted by atomic mass is 32.2. The predicted molar refractivity (Wildman–Crippen MR) is 90.9 cm³/mol. The fourth-order valence-corrected chi connectivity index (χ4v) is 5.65. The molecule has 0 heterocycles. The maximum absolute atomic E-state index is 13.2. The van der Waals surface area contributed by atoms with Gasteiger partial charge in [0.25, 0.3) is 0 Å². The van der Waals surface area contributed by atoms with Crippen molar-refractivity contribution < 1.29 is 26.3 Å². The Kier molecular flexibility index (Phi) is 4.11. The van der Waals surface area contributed by atoms with Crippen LogP contribution in [0.25, 0.3) is 0 Å². The van der Waals surface area contributed by atoms with Crippen molar-refractivity contribution in [2.75, 3.05) is 0 Å². The van der Waals surface area contributed by atoms with Crippen molar-refractivity contribution in [3.05, 3.63) is 80.6 Å². The Morgan fingerprint density at radius 2 is 0.808 bits per heavy atom. The van der Waals surface area contributed by atoms with Gasteiger partial charge in [0, 0.05) is 21.6 Å². The summed E-state index contributed by atoms with van der Waals surface area (Å²) in [5.41, 5.74) is -6.73. The van der Waals surface area contributed by atoms with E-state index >= 15 is 0 Å². The summed E-state index contributed by atoms with van der Waals surface area (Å²) in [5, 5.41) is 0. The maximum Gasteiger partial charge on any atom is 0.446 e. The first-order valence-corrected chi connectivity index (χ1v) is 9.22. The number of halogens is 6. The second-order valence-electron chi connectivity index (χ2n) is 5.95.